The molecule has 0 saturated carbocycles. The van der Waals surface area contributed by atoms with Gasteiger partial charge in [0.05, 0.1) is 18.8 Å². The SMILES string of the molecule is COc1cc(O)c(O)c(C(O)CN)c1F. The van der Waals surface area contributed by atoms with Crippen LogP contribution in [0.2, 0.25) is 0 Å². The van der Waals surface area contributed by atoms with Crippen molar-refractivity contribution in [2.24, 2.45) is 5.73 Å². The van der Waals surface area contributed by atoms with Crippen LogP contribution in [0.1, 0.15) is 11.7 Å². The Bertz CT molecular complexity index is 370. The number of aliphatic hydroxyl groups excluding tert-OH is 1. The zero-order valence-electron chi connectivity index (χ0n) is 8.07. The zero-order chi connectivity index (χ0) is 11.6. The lowest BCUT2D eigenvalue weighted by Crippen LogP contribution is -2.13. The molecule has 5 N–H and O–H groups in total. The van der Waals surface area contributed by atoms with Gasteiger partial charge in [0, 0.05) is 12.6 Å². The molecule has 5 nitrogen and oxygen atoms in total. The van der Waals surface area contributed by atoms with E-state index in [4.69, 9.17) is 5.73 Å². The second kappa shape index (κ2) is 4.33. The van der Waals surface area contributed by atoms with Gasteiger partial charge in [-0.2, -0.15) is 0 Å². The molecule has 15 heavy (non-hydrogen) atoms. The van der Waals surface area contributed by atoms with Gasteiger partial charge in [-0.25, -0.2) is 4.39 Å². The molecule has 0 radical (unpaired) electrons. The van der Waals surface area contributed by atoms with Crippen LogP contribution >= 0.6 is 0 Å². The van der Waals surface area contributed by atoms with Crippen molar-refractivity contribution >= 4 is 0 Å². The maximum Gasteiger partial charge on any atom is 0.174 e. The van der Waals surface area contributed by atoms with Gasteiger partial charge in [0.15, 0.2) is 23.1 Å². The molecule has 6 heteroatoms. The molecule has 0 aliphatic heterocycles. The lowest BCUT2D eigenvalue weighted by molar-refractivity contribution is 0.175. The average Bonchev–Trinajstić information content (AvgIpc) is 2.23. The van der Waals surface area contributed by atoms with Crippen LogP contribution < -0.4 is 10.5 Å². The minimum atomic E-state index is -1.40. The quantitative estimate of drug-likeness (QED) is 0.544. The summed E-state index contributed by atoms with van der Waals surface area (Å²) in [7, 11) is 1.20. The fourth-order valence-corrected chi connectivity index (χ4v) is 1.20. The fourth-order valence-electron chi connectivity index (χ4n) is 1.20. The maximum absolute atomic E-state index is 13.5. The number of hydrogen-bond donors (Lipinski definition) is 4. The van der Waals surface area contributed by atoms with Crippen LogP contribution in [0.4, 0.5) is 4.39 Å². The van der Waals surface area contributed by atoms with Gasteiger partial charge in [-0.1, -0.05) is 0 Å². The van der Waals surface area contributed by atoms with E-state index in [1.807, 2.05) is 0 Å². The van der Waals surface area contributed by atoms with Crippen molar-refractivity contribution in [1.29, 1.82) is 0 Å². The molecule has 0 amide bonds. The van der Waals surface area contributed by atoms with Gasteiger partial charge in [-0.05, 0) is 0 Å². The molecular formula is C9H12FNO4. The maximum atomic E-state index is 13.5. The van der Waals surface area contributed by atoms with Gasteiger partial charge >= 0.3 is 0 Å². The fraction of sp³-hybridized carbons (Fsp3) is 0.333. The van der Waals surface area contributed by atoms with E-state index in [9.17, 15) is 19.7 Å². The molecule has 1 rings (SSSR count). The van der Waals surface area contributed by atoms with Gasteiger partial charge in [-0.15, -0.1) is 0 Å². The van der Waals surface area contributed by atoms with Crippen molar-refractivity contribution in [2.75, 3.05) is 13.7 Å². The van der Waals surface area contributed by atoms with Crippen LogP contribution in [0.5, 0.6) is 17.2 Å². The number of ether oxygens (including phenoxy) is 1. The smallest absolute Gasteiger partial charge is 0.174 e. The highest BCUT2D eigenvalue weighted by Crippen LogP contribution is 2.39. The summed E-state index contributed by atoms with van der Waals surface area (Å²) < 4.78 is 18.2. The van der Waals surface area contributed by atoms with Crippen molar-refractivity contribution < 1.29 is 24.4 Å². The number of phenols is 2. The summed E-state index contributed by atoms with van der Waals surface area (Å²) in [5.74, 6) is -2.51. The molecule has 0 spiro atoms. The standard InChI is InChI=1S/C9H12FNO4/c1-15-6-2-4(12)9(14)7(8(6)10)5(13)3-11/h2,5,12-14H,3,11H2,1H3. The summed E-state index contributed by atoms with van der Waals surface area (Å²) in [6.45, 7) is -0.281. The van der Waals surface area contributed by atoms with Crippen molar-refractivity contribution in [3.63, 3.8) is 0 Å². The van der Waals surface area contributed by atoms with Crippen LogP contribution in [0.15, 0.2) is 6.07 Å². The minimum Gasteiger partial charge on any atom is -0.504 e. The van der Waals surface area contributed by atoms with E-state index in [0.29, 0.717) is 0 Å². The first-order valence-corrected chi connectivity index (χ1v) is 4.19. The lowest BCUT2D eigenvalue weighted by Gasteiger charge is -2.14. The Labute approximate surface area is 85.5 Å². The summed E-state index contributed by atoms with van der Waals surface area (Å²) in [5.41, 5.74) is 4.67. The first-order valence-electron chi connectivity index (χ1n) is 4.19. The van der Waals surface area contributed by atoms with Crippen LogP contribution in [-0.2, 0) is 0 Å². The molecule has 0 heterocycles. The van der Waals surface area contributed by atoms with E-state index in [-0.39, 0.29) is 12.3 Å². The Morgan fingerprint density at radius 1 is 1.53 bits per heavy atom. The minimum absolute atomic E-state index is 0.271. The monoisotopic (exact) mass is 217 g/mol. The van der Waals surface area contributed by atoms with Crippen molar-refractivity contribution in [2.45, 2.75) is 6.10 Å². The van der Waals surface area contributed by atoms with Crippen LogP contribution in [0.3, 0.4) is 0 Å². The second-order valence-corrected chi connectivity index (χ2v) is 2.93. The van der Waals surface area contributed by atoms with E-state index in [1.165, 1.54) is 7.11 Å². The van der Waals surface area contributed by atoms with Crippen molar-refractivity contribution in [3.05, 3.63) is 17.4 Å². The number of benzene rings is 1. The summed E-state index contributed by atoms with van der Waals surface area (Å²) in [6, 6.07) is 0.914. The number of aliphatic hydroxyl groups is 1. The molecule has 1 atom stereocenters. The normalized spacial score (nSPS) is 12.5. The van der Waals surface area contributed by atoms with E-state index in [2.05, 4.69) is 4.74 Å². The second-order valence-electron chi connectivity index (χ2n) is 2.93. The molecule has 0 fully saturated rings. The molecule has 0 bridgehead atoms. The highest BCUT2D eigenvalue weighted by Gasteiger charge is 2.23. The number of methoxy groups -OCH3 is 1. The Morgan fingerprint density at radius 3 is 2.60 bits per heavy atom. The molecule has 1 aromatic rings. The number of phenolic OH excluding ortho intramolecular Hbond substituents is 2. The largest absolute Gasteiger partial charge is 0.504 e. The number of rotatable bonds is 3. The highest BCUT2D eigenvalue weighted by atomic mass is 19.1. The van der Waals surface area contributed by atoms with E-state index >= 15 is 0 Å². The Morgan fingerprint density at radius 2 is 2.13 bits per heavy atom. The van der Waals surface area contributed by atoms with Gasteiger partial charge in [0.25, 0.3) is 0 Å². The third-order valence-corrected chi connectivity index (χ3v) is 1.99. The first kappa shape index (κ1) is 11.5. The van der Waals surface area contributed by atoms with Crippen LogP contribution in [-0.4, -0.2) is 29.0 Å². The first-order chi connectivity index (χ1) is 7.02. The molecular weight excluding hydrogens is 205 g/mol. The van der Waals surface area contributed by atoms with Gasteiger partial charge in [-0.3, -0.25) is 0 Å². The van der Waals surface area contributed by atoms with E-state index in [1.54, 1.807) is 0 Å². The van der Waals surface area contributed by atoms with Crippen LogP contribution in [0, 0.1) is 5.82 Å². The summed E-state index contributed by atoms with van der Waals surface area (Å²) >= 11 is 0. The highest BCUT2D eigenvalue weighted by molar-refractivity contribution is 5.52. The van der Waals surface area contributed by atoms with Gasteiger partial charge in [0.2, 0.25) is 0 Å². The van der Waals surface area contributed by atoms with Gasteiger partial charge < -0.3 is 25.8 Å². The summed E-state index contributed by atoms with van der Waals surface area (Å²) in [6.07, 6.45) is -1.40. The molecule has 0 aliphatic rings. The number of hydrogen-bond acceptors (Lipinski definition) is 5. The van der Waals surface area contributed by atoms with Crippen molar-refractivity contribution in [1.82, 2.24) is 0 Å². The molecule has 0 saturated heterocycles. The molecule has 84 valence electrons. The predicted molar refractivity (Wildman–Crippen MR) is 50.3 cm³/mol. The van der Waals surface area contributed by atoms with E-state index in [0.717, 1.165) is 6.07 Å². The number of halogens is 1. The van der Waals surface area contributed by atoms with E-state index < -0.39 is 29.0 Å². The van der Waals surface area contributed by atoms with Crippen LogP contribution in [0.25, 0.3) is 0 Å². The lowest BCUT2D eigenvalue weighted by atomic mass is 10.1. The summed E-state index contributed by atoms with van der Waals surface area (Å²) in [5, 5.41) is 27.9. The van der Waals surface area contributed by atoms with Crippen molar-refractivity contribution in [3.8, 4) is 17.2 Å². The van der Waals surface area contributed by atoms with Gasteiger partial charge in [0.1, 0.15) is 0 Å². The molecule has 0 aromatic heterocycles. The number of nitrogens with two attached hydrogens (primary N) is 1. The molecule has 1 aromatic carbocycles. The third kappa shape index (κ3) is 1.95. The number of aromatic hydroxyl groups is 2. The average molecular weight is 217 g/mol. The molecule has 1 unspecified atom stereocenters. The third-order valence-electron chi connectivity index (χ3n) is 1.99. The Hall–Kier alpha value is -1.53. The topological polar surface area (TPSA) is 95.9 Å². The zero-order valence-corrected chi connectivity index (χ0v) is 8.07. The summed E-state index contributed by atoms with van der Waals surface area (Å²) in [4.78, 5) is 0. The predicted octanol–water partition coefficient (Wildman–Crippen LogP) is 0.238. The Balaban J connectivity index is 3.40. The Kier molecular flexibility index (Phi) is 3.33. The molecule has 0 aliphatic carbocycles.